The summed E-state index contributed by atoms with van der Waals surface area (Å²) in [5.41, 5.74) is 3.26. The Kier molecular flexibility index (Phi) is 10.0. The number of ketones is 1. The minimum absolute atomic E-state index is 0.0120. The number of amides is 1. The molecule has 0 aromatic heterocycles. The zero-order valence-electron chi connectivity index (χ0n) is 21.2. The summed E-state index contributed by atoms with van der Waals surface area (Å²) >= 11 is 1.68. The molecule has 5 heteroatoms. The highest BCUT2D eigenvalue weighted by Gasteiger charge is 2.23. The van der Waals surface area contributed by atoms with E-state index >= 15 is 0 Å². The smallest absolute Gasteiger partial charge is 0.224 e. The predicted molar refractivity (Wildman–Crippen MR) is 140 cm³/mol. The Morgan fingerprint density at radius 1 is 1.09 bits per heavy atom. The molecule has 4 nitrogen and oxygen atoms in total. The van der Waals surface area contributed by atoms with Crippen molar-refractivity contribution >= 4 is 29.1 Å². The first-order chi connectivity index (χ1) is 15.6. The third-order valence-electron chi connectivity index (χ3n) is 5.98. The molecular weight excluding hydrogens is 430 g/mol. The summed E-state index contributed by atoms with van der Waals surface area (Å²) in [6.45, 7) is 10.1. The second kappa shape index (κ2) is 12.3. The number of hydrogen-bond donors (Lipinski definition) is 1. The van der Waals surface area contributed by atoms with Gasteiger partial charge < -0.3 is 10.1 Å². The summed E-state index contributed by atoms with van der Waals surface area (Å²) in [5, 5.41) is 3.13. The molecule has 0 aliphatic heterocycles. The van der Waals surface area contributed by atoms with Crippen molar-refractivity contribution in [2.75, 3.05) is 18.7 Å². The number of hydrogen-bond acceptors (Lipinski definition) is 4. The van der Waals surface area contributed by atoms with E-state index in [1.807, 2.05) is 18.4 Å². The molecule has 1 amide bonds. The Hall–Kier alpha value is -2.27. The zero-order chi connectivity index (χ0) is 24.6. The number of carbonyl (C=O) groups is 2. The normalized spacial score (nSPS) is 12.3. The molecule has 2 rings (SSSR count). The van der Waals surface area contributed by atoms with Crippen LogP contribution in [0, 0.1) is 0 Å². The van der Waals surface area contributed by atoms with Gasteiger partial charge in [0.2, 0.25) is 5.91 Å². The lowest BCUT2D eigenvalue weighted by Gasteiger charge is -2.25. The van der Waals surface area contributed by atoms with Gasteiger partial charge in [-0.3, -0.25) is 9.59 Å². The molecule has 0 radical (unpaired) electrons. The number of carbonyl (C=O) groups excluding carboxylic acids is 2. The van der Waals surface area contributed by atoms with Gasteiger partial charge in [0.15, 0.2) is 5.78 Å². The minimum Gasteiger partial charge on any atom is -0.496 e. The van der Waals surface area contributed by atoms with Crippen LogP contribution < -0.4 is 10.1 Å². The fraction of sp³-hybridized carbons (Fsp3) is 0.500. The predicted octanol–water partition coefficient (Wildman–Crippen LogP) is 7.61. The second-order valence-electron chi connectivity index (χ2n) is 9.62. The van der Waals surface area contributed by atoms with Crippen molar-refractivity contribution in [2.45, 2.75) is 83.0 Å². The van der Waals surface area contributed by atoms with Crippen LogP contribution >= 0.6 is 11.8 Å². The van der Waals surface area contributed by atoms with E-state index in [9.17, 15) is 9.59 Å². The first-order valence-corrected chi connectivity index (χ1v) is 13.0. The first-order valence-electron chi connectivity index (χ1n) is 11.8. The van der Waals surface area contributed by atoms with Gasteiger partial charge in [-0.15, -0.1) is 11.8 Å². The molecule has 0 saturated carbocycles. The number of methoxy groups -OCH3 is 1. The van der Waals surface area contributed by atoms with Gasteiger partial charge in [-0.2, -0.15) is 0 Å². The van der Waals surface area contributed by atoms with Gasteiger partial charge in [0.1, 0.15) is 5.75 Å². The molecule has 0 aliphatic carbocycles. The Bertz CT molecular complexity index is 962. The average molecular weight is 470 g/mol. The summed E-state index contributed by atoms with van der Waals surface area (Å²) in [7, 11) is 1.69. The quantitative estimate of drug-likeness (QED) is 0.209. The highest BCUT2D eigenvalue weighted by molar-refractivity contribution is 7.98. The van der Waals surface area contributed by atoms with Crippen molar-refractivity contribution < 1.29 is 14.3 Å². The summed E-state index contributed by atoms with van der Waals surface area (Å²) in [6.07, 6.45) is 6.67. The van der Waals surface area contributed by atoms with Gasteiger partial charge in [-0.1, -0.05) is 65.2 Å². The SMILES string of the molecule is CCCCCC(CC(=O)Nc1cc(C(C)=O)ccc1C(C)(C)C)c1ccc(SC)cc1OC. The fourth-order valence-electron chi connectivity index (χ4n) is 4.11. The molecule has 33 heavy (non-hydrogen) atoms. The Morgan fingerprint density at radius 2 is 1.82 bits per heavy atom. The molecule has 1 unspecified atom stereocenters. The summed E-state index contributed by atoms with van der Waals surface area (Å²) in [5.74, 6) is 0.849. The van der Waals surface area contributed by atoms with Crippen molar-refractivity contribution in [1.82, 2.24) is 0 Å². The number of unbranched alkanes of at least 4 members (excludes halogenated alkanes) is 2. The molecule has 0 saturated heterocycles. The van der Waals surface area contributed by atoms with E-state index in [1.165, 1.54) is 0 Å². The Balaban J connectivity index is 2.34. The van der Waals surface area contributed by atoms with E-state index < -0.39 is 0 Å². The molecular formula is C28H39NO3S. The Labute approximate surface area is 203 Å². The van der Waals surface area contributed by atoms with Crippen LogP contribution in [0.5, 0.6) is 5.75 Å². The first kappa shape index (κ1) is 27.0. The second-order valence-corrected chi connectivity index (χ2v) is 10.5. The molecule has 180 valence electrons. The van der Waals surface area contributed by atoms with Crippen LogP contribution in [0.1, 0.15) is 94.1 Å². The van der Waals surface area contributed by atoms with Crippen molar-refractivity contribution in [3.63, 3.8) is 0 Å². The monoisotopic (exact) mass is 469 g/mol. The summed E-state index contributed by atoms with van der Waals surface area (Å²) < 4.78 is 5.70. The van der Waals surface area contributed by atoms with Crippen LogP contribution in [0.3, 0.4) is 0 Å². The van der Waals surface area contributed by atoms with Gasteiger partial charge in [-0.25, -0.2) is 0 Å². The fourth-order valence-corrected chi connectivity index (χ4v) is 4.54. The summed E-state index contributed by atoms with van der Waals surface area (Å²) in [6, 6.07) is 11.9. The van der Waals surface area contributed by atoms with Crippen LogP contribution in [0.15, 0.2) is 41.3 Å². The number of ether oxygens (including phenoxy) is 1. The van der Waals surface area contributed by atoms with Gasteiger partial charge in [0.25, 0.3) is 0 Å². The third-order valence-corrected chi connectivity index (χ3v) is 6.70. The average Bonchev–Trinajstić information content (AvgIpc) is 2.77. The zero-order valence-corrected chi connectivity index (χ0v) is 22.0. The number of rotatable bonds is 11. The van der Waals surface area contributed by atoms with Gasteiger partial charge in [0.05, 0.1) is 7.11 Å². The van der Waals surface area contributed by atoms with Gasteiger partial charge in [0, 0.05) is 22.6 Å². The number of benzene rings is 2. The standard InChI is InChI=1S/C28H39NO3S/c1-8-9-10-11-21(23-14-13-22(33-7)18-26(23)32-6)17-27(31)29-25-16-20(19(2)30)12-15-24(25)28(3,4)5/h12-16,18,21H,8-11,17H2,1-7H3,(H,29,31). The lowest BCUT2D eigenvalue weighted by atomic mass is 9.84. The molecule has 0 bridgehead atoms. The number of thioether (sulfide) groups is 1. The van der Waals surface area contributed by atoms with Crippen molar-refractivity contribution in [1.29, 1.82) is 0 Å². The number of Topliss-reactive ketones (excluding diaryl/α,β-unsaturated/α-hetero) is 1. The summed E-state index contributed by atoms with van der Waals surface area (Å²) in [4.78, 5) is 26.4. The highest BCUT2D eigenvalue weighted by atomic mass is 32.2. The van der Waals surface area contributed by atoms with Crippen molar-refractivity contribution in [3.05, 3.63) is 53.1 Å². The van der Waals surface area contributed by atoms with E-state index in [2.05, 4.69) is 51.2 Å². The molecule has 0 aliphatic rings. The molecule has 0 heterocycles. The highest BCUT2D eigenvalue weighted by Crippen LogP contribution is 2.36. The maximum absolute atomic E-state index is 13.3. The Morgan fingerprint density at radius 3 is 2.39 bits per heavy atom. The maximum atomic E-state index is 13.3. The lowest BCUT2D eigenvalue weighted by Crippen LogP contribution is -2.21. The van der Waals surface area contributed by atoms with E-state index in [0.717, 1.165) is 53.1 Å². The number of anilines is 1. The van der Waals surface area contributed by atoms with Crippen LogP contribution in [0.4, 0.5) is 5.69 Å². The number of nitrogens with one attached hydrogen (secondary N) is 1. The molecule has 0 spiro atoms. The largest absolute Gasteiger partial charge is 0.496 e. The molecule has 0 fully saturated rings. The van der Waals surface area contributed by atoms with Crippen LogP contribution in [-0.4, -0.2) is 25.1 Å². The lowest BCUT2D eigenvalue weighted by molar-refractivity contribution is -0.116. The maximum Gasteiger partial charge on any atom is 0.224 e. The van der Waals surface area contributed by atoms with Crippen LogP contribution in [0.2, 0.25) is 0 Å². The third kappa shape index (κ3) is 7.63. The minimum atomic E-state index is -0.157. The van der Waals surface area contributed by atoms with Crippen LogP contribution in [-0.2, 0) is 10.2 Å². The molecule has 1 atom stereocenters. The van der Waals surface area contributed by atoms with Crippen LogP contribution in [0.25, 0.3) is 0 Å². The van der Waals surface area contributed by atoms with E-state index in [1.54, 1.807) is 31.9 Å². The molecule has 2 aromatic rings. The van der Waals surface area contributed by atoms with Crippen molar-refractivity contribution in [2.24, 2.45) is 0 Å². The van der Waals surface area contributed by atoms with E-state index in [-0.39, 0.29) is 23.0 Å². The van der Waals surface area contributed by atoms with E-state index in [0.29, 0.717) is 12.0 Å². The van der Waals surface area contributed by atoms with Gasteiger partial charge in [-0.05, 0) is 60.3 Å². The topological polar surface area (TPSA) is 55.4 Å². The van der Waals surface area contributed by atoms with Gasteiger partial charge >= 0.3 is 0 Å². The molecule has 2 aromatic carbocycles. The van der Waals surface area contributed by atoms with Crippen molar-refractivity contribution in [3.8, 4) is 5.75 Å². The van der Waals surface area contributed by atoms with E-state index in [4.69, 9.17) is 4.74 Å². The molecule has 1 N–H and O–H groups in total.